The highest BCUT2D eigenvalue weighted by Gasteiger charge is 2.33. The fraction of sp³-hybridized carbons (Fsp3) is 0.394. The van der Waals surface area contributed by atoms with Crippen molar-refractivity contribution in [3.8, 4) is 11.5 Å². The number of hydrogen-bond donors (Lipinski definition) is 0. The van der Waals surface area contributed by atoms with E-state index in [2.05, 4.69) is 4.99 Å². The van der Waals surface area contributed by atoms with Gasteiger partial charge < -0.3 is 14.4 Å². The Morgan fingerprint density at radius 1 is 0.829 bits per heavy atom. The molecule has 0 spiro atoms. The van der Waals surface area contributed by atoms with E-state index in [4.69, 9.17) is 9.47 Å². The van der Waals surface area contributed by atoms with Crippen molar-refractivity contribution >= 4 is 40.4 Å². The second-order valence-electron chi connectivity index (χ2n) is 10.9. The van der Waals surface area contributed by atoms with Crippen molar-refractivity contribution in [2.75, 3.05) is 26.8 Å². The second-order valence-corrected chi connectivity index (χ2v) is 10.9. The van der Waals surface area contributed by atoms with E-state index in [1.807, 2.05) is 53.6 Å². The van der Waals surface area contributed by atoms with Crippen LogP contribution in [0.4, 0.5) is 5.69 Å². The fourth-order valence-corrected chi connectivity index (χ4v) is 6.17. The van der Waals surface area contributed by atoms with Gasteiger partial charge in [-0.1, -0.05) is 49.9 Å². The van der Waals surface area contributed by atoms with Gasteiger partial charge in [0.2, 0.25) is 0 Å². The van der Waals surface area contributed by atoms with Crippen LogP contribution in [0.5, 0.6) is 11.5 Å². The van der Waals surface area contributed by atoms with Gasteiger partial charge in [-0.05, 0) is 49.3 Å². The molecule has 41 heavy (non-hydrogen) atoms. The first kappa shape index (κ1) is 27.0. The number of nitrogens with zero attached hydrogens (tertiary/aromatic N) is 3. The molecule has 8 heteroatoms. The third kappa shape index (κ3) is 5.19. The highest BCUT2D eigenvalue weighted by molar-refractivity contribution is 6.25. The molecule has 3 heterocycles. The Kier molecular flexibility index (Phi) is 7.72. The third-order valence-corrected chi connectivity index (χ3v) is 8.35. The first-order valence-corrected chi connectivity index (χ1v) is 14.6. The van der Waals surface area contributed by atoms with E-state index in [1.165, 1.54) is 4.90 Å². The lowest BCUT2D eigenvalue weighted by Crippen LogP contribution is -2.40. The van der Waals surface area contributed by atoms with E-state index in [0.29, 0.717) is 47.0 Å². The monoisotopic (exact) mass is 553 g/mol. The molecule has 1 atom stereocenters. The highest BCUT2D eigenvalue weighted by Crippen LogP contribution is 2.38. The fourth-order valence-electron chi connectivity index (χ4n) is 6.17. The smallest absolute Gasteiger partial charge is 0.261 e. The van der Waals surface area contributed by atoms with Crippen LogP contribution in [0, 0.1) is 0 Å². The average Bonchev–Trinajstić information content (AvgIpc) is 3.43. The molecule has 3 aliphatic heterocycles. The molecule has 0 aliphatic carbocycles. The molecule has 3 aromatic carbocycles. The molecule has 0 aromatic heterocycles. The summed E-state index contributed by atoms with van der Waals surface area (Å²) in [5.41, 5.74) is 2.42. The maximum atomic E-state index is 13.0. The number of rotatable bonds is 11. The Bertz CT molecular complexity index is 1480. The molecule has 1 fully saturated rings. The number of aliphatic imine (C=N–C) groups is 1. The Morgan fingerprint density at radius 3 is 2.27 bits per heavy atom. The minimum atomic E-state index is -0.194. The Balaban J connectivity index is 0.941. The van der Waals surface area contributed by atoms with Gasteiger partial charge in [0.15, 0.2) is 11.5 Å². The molecule has 212 valence electrons. The van der Waals surface area contributed by atoms with Gasteiger partial charge in [-0.25, -0.2) is 0 Å². The number of amides is 3. The first-order chi connectivity index (χ1) is 20.1. The van der Waals surface area contributed by atoms with Gasteiger partial charge in [0.25, 0.3) is 17.7 Å². The van der Waals surface area contributed by atoms with Gasteiger partial charge in [0, 0.05) is 41.9 Å². The van der Waals surface area contributed by atoms with E-state index in [0.717, 1.165) is 68.7 Å². The Hall–Kier alpha value is -4.20. The van der Waals surface area contributed by atoms with E-state index in [-0.39, 0.29) is 23.8 Å². The number of hydrogen-bond acceptors (Lipinski definition) is 6. The number of carbonyl (C=O) groups is 3. The van der Waals surface area contributed by atoms with Crippen molar-refractivity contribution in [2.45, 2.75) is 57.4 Å². The minimum absolute atomic E-state index is 0.000973. The molecule has 3 aromatic rings. The summed E-state index contributed by atoms with van der Waals surface area (Å²) < 4.78 is 11.6. The molecule has 8 nitrogen and oxygen atoms in total. The van der Waals surface area contributed by atoms with Crippen LogP contribution in [0.2, 0.25) is 0 Å². The van der Waals surface area contributed by atoms with E-state index < -0.39 is 0 Å². The van der Waals surface area contributed by atoms with Gasteiger partial charge in [0.05, 0.1) is 31.0 Å². The predicted molar refractivity (Wildman–Crippen MR) is 158 cm³/mol. The van der Waals surface area contributed by atoms with E-state index in [1.54, 1.807) is 13.2 Å². The number of carbonyl (C=O) groups excluding carboxylic acids is 3. The number of unbranched alkanes of at least 4 members (excludes halogenated alkanes) is 5. The topological polar surface area (TPSA) is 88.5 Å². The third-order valence-electron chi connectivity index (χ3n) is 8.35. The lowest BCUT2D eigenvalue weighted by atomic mass is 9.94. The molecule has 6 rings (SSSR count). The first-order valence-electron chi connectivity index (χ1n) is 14.6. The zero-order chi connectivity index (χ0) is 28.3. The van der Waals surface area contributed by atoms with Crippen LogP contribution in [0.3, 0.4) is 0 Å². The van der Waals surface area contributed by atoms with Crippen molar-refractivity contribution < 1.29 is 23.9 Å². The lowest BCUT2D eigenvalue weighted by molar-refractivity contribution is 0.0607. The SMILES string of the molecule is COc1cc2c(cc1OCCCCCCCCN1C(=O)c3cccc4cccc(c34)C1=O)N=C[C@@H]1CCCN1C2=O. The predicted octanol–water partition coefficient (Wildman–Crippen LogP) is 6.18. The number of fused-ring (bicyclic) bond motifs is 2. The summed E-state index contributed by atoms with van der Waals surface area (Å²) in [6.45, 7) is 1.74. The van der Waals surface area contributed by atoms with Gasteiger partial charge in [0.1, 0.15) is 0 Å². The summed E-state index contributed by atoms with van der Waals surface area (Å²) in [5, 5.41) is 1.70. The molecular weight excluding hydrogens is 518 g/mol. The molecule has 0 radical (unpaired) electrons. The number of ether oxygens (including phenoxy) is 2. The minimum Gasteiger partial charge on any atom is -0.493 e. The molecule has 0 saturated carbocycles. The molecule has 0 bridgehead atoms. The standard InChI is InChI=1S/C33H35N3O5/c1-40-28-19-26-27(34-21-23-13-10-17-35(23)33(26)39)20-29(28)41-18-7-5-3-2-4-6-16-36-31(37)24-14-8-11-22-12-9-15-25(30(22)24)32(36)38/h8-9,11-12,14-15,19-21,23H,2-7,10,13,16-18H2,1H3/t23-/m0/s1. The van der Waals surface area contributed by atoms with Crippen LogP contribution in [0.1, 0.15) is 82.4 Å². The maximum absolute atomic E-state index is 13.0. The number of methoxy groups -OCH3 is 1. The molecule has 0 N–H and O–H groups in total. The summed E-state index contributed by atoms with van der Waals surface area (Å²) in [7, 11) is 1.59. The van der Waals surface area contributed by atoms with Gasteiger partial charge in [-0.3, -0.25) is 24.3 Å². The van der Waals surface area contributed by atoms with Crippen molar-refractivity contribution in [2.24, 2.45) is 4.99 Å². The summed E-state index contributed by atoms with van der Waals surface area (Å²) in [6.07, 6.45) is 9.54. The number of imide groups is 1. The van der Waals surface area contributed by atoms with Crippen LogP contribution >= 0.6 is 0 Å². The van der Waals surface area contributed by atoms with Gasteiger partial charge >= 0.3 is 0 Å². The van der Waals surface area contributed by atoms with Crippen LogP contribution in [0.25, 0.3) is 10.8 Å². The molecular formula is C33H35N3O5. The van der Waals surface area contributed by atoms with Crippen LogP contribution in [-0.4, -0.2) is 66.6 Å². The van der Waals surface area contributed by atoms with Crippen LogP contribution < -0.4 is 9.47 Å². The number of benzene rings is 3. The Morgan fingerprint density at radius 2 is 1.54 bits per heavy atom. The largest absolute Gasteiger partial charge is 0.493 e. The van der Waals surface area contributed by atoms with Crippen molar-refractivity contribution in [1.29, 1.82) is 0 Å². The van der Waals surface area contributed by atoms with Gasteiger partial charge in [-0.15, -0.1) is 0 Å². The van der Waals surface area contributed by atoms with Crippen molar-refractivity contribution in [3.05, 3.63) is 65.2 Å². The lowest BCUT2D eigenvalue weighted by Gasteiger charge is -2.27. The summed E-state index contributed by atoms with van der Waals surface area (Å²) in [4.78, 5) is 47.0. The summed E-state index contributed by atoms with van der Waals surface area (Å²) in [5.74, 6) is 0.762. The maximum Gasteiger partial charge on any atom is 0.261 e. The molecule has 3 amide bonds. The Labute approximate surface area is 239 Å². The van der Waals surface area contributed by atoms with Crippen molar-refractivity contribution in [1.82, 2.24) is 9.80 Å². The molecule has 0 unspecified atom stereocenters. The van der Waals surface area contributed by atoms with Gasteiger partial charge in [-0.2, -0.15) is 0 Å². The van der Waals surface area contributed by atoms with Crippen LogP contribution in [-0.2, 0) is 0 Å². The van der Waals surface area contributed by atoms with E-state index in [9.17, 15) is 14.4 Å². The second kappa shape index (κ2) is 11.7. The summed E-state index contributed by atoms with van der Waals surface area (Å²) in [6, 6.07) is 14.9. The molecule has 3 aliphatic rings. The average molecular weight is 554 g/mol. The quantitative estimate of drug-likeness (QED) is 0.209. The zero-order valence-electron chi connectivity index (χ0n) is 23.4. The van der Waals surface area contributed by atoms with E-state index >= 15 is 0 Å². The summed E-state index contributed by atoms with van der Waals surface area (Å²) >= 11 is 0. The zero-order valence-corrected chi connectivity index (χ0v) is 23.4. The van der Waals surface area contributed by atoms with Crippen LogP contribution in [0.15, 0.2) is 53.5 Å². The molecule has 1 saturated heterocycles. The highest BCUT2D eigenvalue weighted by atomic mass is 16.5. The van der Waals surface area contributed by atoms with Crippen molar-refractivity contribution in [3.63, 3.8) is 0 Å². The normalized spacial score (nSPS) is 17.6.